The average molecular weight is 373 g/mol. The average Bonchev–Trinajstić information content (AvgIpc) is 2.35. The summed E-state index contributed by atoms with van der Waals surface area (Å²) in [6.45, 7) is 20.7. The van der Waals surface area contributed by atoms with E-state index in [1.807, 2.05) is 0 Å². The minimum Gasteiger partial charge on any atom is -0.466 e. The minimum absolute atomic E-state index is 0.131. The second-order valence-corrected chi connectivity index (χ2v) is 19.7. The first kappa shape index (κ1) is 23.6. The maximum Gasteiger partial charge on any atom is 0.308 e. The Labute approximate surface area is 152 Å². The summed E-state index contributed by atoms with van der Waals surface area (Å²) in [6.07, 6.45) is 6.46. The molecule has 0 aliphatic rings. The van der Waals surface area contributed by atoms with Gasteiger partial charge in [0.15, 0.2) is 8.32 Å². The van der Waals surface area contributed by atoms with E-state index in [9.17, 15) is 4.79 Å². The van der Waals surface area contributed by atoms with Crippen molar-refractivity contribution in [1.29, 1.82) is 0 Å². The van der Waals surface area contributed by atoms with Gasteiger partial charge in [-0.2, -0.15) is 0 Å². The maximum absolute atomic E-state index is 12.2. The molecule has 142 valence electrons. The summed E-state index contributed by atoms with van der Waals surface area (Å²) in [5, 5.41) is 0.131. The van der Waals surface area contributed by atoms with Crippen LogP contribution in [0.1, 0.15) is 47.0 Å². The fraction of sp³-hybridized carbons (Fsp3) is 0.842. The molecule has 0 saturated heterocycles. The first-order valence-corrected chi connectivity index (χ1v) is 15.9. The molecule has 0 fully saturated rings. The third-order valence-electron chi connectivity index (χ3n) is 4.54. The van der Waals surface area contributed by atoms with Gasteiger partial charge in [0.2, 0.25) is 0 Å². The van der Waals surface area contributed by atoms with Gasteiger partial charge in [-0.3, -0.25) is 4.79 Å². The van der Waals surface area contributed by atoms with Crippen LogP contribution in [0.3, 0.4) is 0 Å². The highest BCUT2D eigenvalue weighted by Gasteiger charge is 2.39. The van der Waals surface area contributed by atoms with Crippen LogP contribution in [-0.2, 0) is 14.0 Å². The molecule has 0 aromatic rings. The molecule has 0 bridgehead atoms. The third-order valence-corrected chi connectivity index (χ3v) is 10.7. The molecule has 3 nitrogen and oxygen atoms in total. The Balaban J connectivity index is 4.75. The minimum atomic E-state index is -1.91. The molecular formula is C19H40O3Si2. The van der Waals surface area contributed by atoms with Crippen LogP contribution in [0.5, 0.6) is 0 Å². The van der Waals surface area contributed by atoms with E-state index in [1.54, 1.807) is 0 Å². The van der Waals surface area contributed by atoms with Gasteiger partial charge in [-0.05, 0) is 30.6 Å². The van der Waals surface area contributed by atoms with E-state index < -0.39 is 16.4 Å². The van der Waals surface area contributed by atoms with Gasteiger partial charge in [-0.25, -0.2) is 0 Å². The molecule has 0 amide bonds. The Kier molecular flexibility index (Phi) is 9.76. The Hall–Kier alpha value is -0.396. The predicted octanol–water partition coefficient (Wildman–Crippen LogP) is 6.00. The summed E-state index contributed by atoms with van der Waals surface area (Å²) in [7, 11) is -3.08. The van der Waals surface area contributed by atoms with Crippen molar-refractivity contribution in [3.8, 4) is 0 Å². The lowest BCUT2D eigenvalue weighted by atomic mass is 10.2. The van der Waals surface area contributed by atoms with E-state index in [2.05, 4.69) is 72.6 Å². The van der Waals surface area contributed by atoms with Crippen molar-refractivity contribution < 1.29 is 14.0 Å². The highest BCUT2D eigenvalue weighted by atomic mass is 28.4. The van der Waals surface area contributed by atoms with Crippen LogP contribution < -0.4 is 0 Å². The molecule has 5 heteroatoms. The Morgan fingerprint density at radius 1 is 1.12 bits per heavy atom. The molecule has 0 unspecified atom stereocenters. The quantitative estimate of drug-likeness (QED) is 0.268. The molecule has 0 spiro atoms. The van der Waals surface area contributed by atoms with Crippen molar-refractivity contribution in [2.75, 3.05) is 6.61 Å². The van der Waals surface area contributed by atoms with Gasteiger partial charge in [0.1, 0.15) is 0 Å². The summed E-state index contributed by atoms with van der Waals surface area (Å²) in [5.74, 6) is -0.141. The Morgan fingerprint density at radius 2 is 1.71 bits per heavy atom. The molecule has 0 heterocycles. The molecule has 0 radical (unpaired) electrons. The number of ether oxygens (including phenoxy) is 1. The Bertz CT molecular complexity index is 404. The van der Waals surface area contributed by atoms with E-state index in [4.69, 9.17) is 9.16 Å². The van der Waals surface area contributed by atoms with Crippen LogP contribution in [0.25, 0.3) is 0 Å². The van der Waals surface area contributed by atoms with Crippen molar-refractivity contribution in [1.82, 2.24) is 0 Å². The van der Waals surface area contributed by atoms with E-state index in [1.165, 1.54) is 0 Å². The van der Waals surface area contributed by atoms with Gasteiger partial charge in [0.05, 0.1) is 19.1 Å². The van der Waals surface area contributed by atoms with E-state index in [0.29, 0.717) is 13.0 Å². The standard InChI is InChI=1S/C19H40O3Si2/c1-10-11-12-13-17(22-24(8,9)19(2,3)4)16-18(20)21-14-15-23(5,6)7/h12-13,17H,10-11,14-16H2,1-9H3/b13-12+/t17-/m1/s1. The Morgan fingerprint density at radius 3 is 2.17 bits per heavy atom. The van der Waals surface area contributed by atoms with Gasteiger partial charge < -0.3 is 9.16 Å². The van der Waals surface area contributed by atoms with E-state index in [0.717, 1.165) is 18.9 Å². The highest BCUT2D eigenvalue weighted by molar-refractivity contribution is 6.76. The lowest BCUT2D eigenvalue weighted by Crippen LogP contribution is -2.44. The molecule has 1 atom stereocenters. The van der Waals surface area contributed by atoms with Gasteiger partial charge in [0.25, 0.3) is 0 Å². The third kappa shape index (κ3) is 10.5. The molecule has 0 aliphatic heterocycles. The van der Waals surface area contributed by atoms with Gasteiger partial charge in [-0.1, -0.05) is 65.9 Å². The van der Waals surface area contributed by atoms with Gasteiger partial charge >= 0.3 is 5.97 Å². The van der Waals surface area contributed by atoms with Crippen molar-refractivity contribution in [3.63, 3.8) is 0 Å². The van der Waals surface area contributed by atoms with Crippen molar-refractivity contribution in [2.45, 2.75) is 96.9 Å². The number of carbonyl (C=O) groups is 1. The van der Waals surface area contributed by atoms with Crippen LogP contribution in [-0.4, -0.2) is 35.1 Å². The topological polar surface area (TPSA) is 35.5 Å². The molecular weight excluding hydrogens is 332 g/mol. The lowest BCUT2D eigenvalue weighted by molar-refractivity contribution is -0.144. The molecule has 0 saturated carbocycles. The lowest BCUT2D eigenvalue weighted by Gasteiger charge is -2.38. The largest absolute Gasteiger partial charge is 0.466 e. The number of esters is 1. The second-order valence-electron chi connectivity index (χ2n) is 9.37. The van der Waals surface area contributed by atoms with Crippen LogP contribution in [0, 0.1) is 0 Å². The summed E-state index contributed by atoms with van der Waals surface area (Å²) < 4.78 is 11.9. The molecule has 0 rings (SSSR count). The van der Waals surface area contributed by atoms with Gasteiger partial charge in [-0.15, -0.1) is 0 Å². The first-order chi connectivity index (χ1) is 10.8. The van der Waals surface area contributed by atoms with Crippen LogP contribution in [0.2, 0.25) is 43.8 Å². The maximum atomic E-state index is 12.2. The summed E-state index contributed by atoms with van der Waals surface area (Å²) >= 11 is 0. The number of unbranched alkanes of at least 4 members (excludes halogenated alkanes) is 1. The number of carbonyl (C=O) groups excluding carboxylic acids is 1. The van der Waals surface area contributed by atoms with Crippen LogP contribution in [0.4, 0.5) is 0 Å². The number of allylic oxidation sites excluding steroid dienone is 1. The van der Waals surface area contributed by atoms with Crippen molar-refractivity contribution in [3.05, 3.63) is 12.2 Å². The molecule has 0 aromatic carbocycles. The molecule has 0 aromatic heterocycles. The van der Waals surface area contributed by atoms with Crippen LogP contribution in [0.15, 0.2) is 12.2 Å². The predicted molar refractivity (Wildman–Crippen MR) is 110 cm³/mol. The normalized spacial score (nSPS) is 14.9. The van der Waals surface area contributed by atoms with Crippen LogP contribution >= 0.6 is 0 Å². The van der Waals surface area contributed by atoms with E-state index in [-0.39, 0.29) is 17.1 Å². The zero-order valence-electron chi connectivity index (χ0n) is 17.5. The van der Waals surface area contributed by atoms with Gasteiger partial charge in [0, 0.05) is 8.07 Å². The van der Waals surface area contributed by atoms with Crippen molar-refractivity contribution in [2.24, 2.45) is 0 Å². The summed E-state index contributed by atoms with van der Waals surface area (Å²) in [5.41, 5.74) is 0. The second kappa shape index (κ2) is 9.92. The first-order valence-electron chi connectivity index (χ1n) is 9.28. The SMILES string of the molecule is CCC/C=C/[C@H](CC(=O)OCC[Si](C)(C)C)O[Si](C)(C)C(C)(C)C. The molecule has 0 N–H and O–H groups in total. The summed E-state index contributed by atoms with van der Waals surface area (Å²) in [6, 6.07) is 1.01. The monoisotopic (exact) mass is 372 g/mol. The summed E-state index contributed by atoms with van der Waals surface area (Å²) in [4.78, 5) is 12.2. The van der Waals surface area contributed by atoms with E-state index >= 15 is 0 Å². The van der Waals surface area contributed by atoms with Crippen molar-refractivity contribution >= 4 is 22.4 Å². The molecule has 24 heavy (non-hydrogen) atoms. The fourth-order valence-corrected chi connectivity index (χ4v) is 3.80. The highest BCUT2D eigenvalue weighted by Crippen LogP contribution is 2.37. The fourth-order valence-electron chi connectivity index (χ4n) is 1.81. The number of rotatable bonds is 10. The zero-order valence-corrected chi connectivity index (χ0v) is 19.5. The number of hydrogen-bond donors (Lipinski definition) is 0. The zero-order chi connectivity index (χ0) is 19.0. The smallest absolute Gasteiger partial charge is 0.308 e. The molecule has 0 aliphatic carbocycles. The number of hydrogen-bond acceptors (Lipinski definition) is 3.